The zero-order valence-electron chi connectivity index (χ0n) is 16.8. The maximum atomic E-state index is 13.1. The van der Waals surface area contributed by atoms with E-state index in [1.807, 2.05) is 18.2 Å². The number of para-hydroxylation sites is 1. The molecule has 158 valence electrons. The first-order chi connectivity index (χ1) is 15.1. The molecule has 31 heavy (non-hydrogen) atoms. The average molecular weight is 437 g/mol. The molecule has 5 nitrogen and oxygen atoms in total. The van der Waals surface area contributed by atoms with E-state index < -0.39 is 5.41 Å². The fourth-order valence-corrected chi connectivity index (χ4v) is 5.31. The zero-order chi connectivity index (χ0) is 21.3. The highest BCUT2D eigenvalue weighted by Crippen LogP contribution is 2.43. The molecule has 0 unspecified atom stereocenters. The molecule has 2 aromatic carbocycles. The lowest BCUT2D eigenvalue weighted by atomic mass is 9.83. The molecule has 7 heteroatoms. The molecule has 1 saturated carbocycles. The summed E-state index contributed by atoms with van der Waals surface area (Å²) in [5.74, 6) is 0.301. The molecule has 0 atom stereocenters. The van der Waals surface area contributed by atoms with Gasteiger partial charge in [-0.05, 0) is 49.2 Å². The standard InChI is InChI=1S/C24H21FN2O3S/c25-17-9-7-16(8-10-17)19-14-26-21(30-19)15-29-23(28)24(11-3-4-12-24)13-22-27-18-5-1-2-6-20(18)31-22/h1-2,5-10,14H,3-4,11-13,15H2. The number of ether oxygens (including phenoxy) is 1. The van der Waals surface area contributed by atoms with E-state index in [0.29, 0.717) is 18.1 Å². The minimum Gasteiger partial charge on any atom is -0.455 e. The van der Waals surface area contributed by atoms with Crippen molar-refractivity contribution in [3.05, 3.63) is 71.4 Å². The van der Waals surface area contributed by atoms with Gasteiger partial charge in [-0.15, -0.1) is 11.3 Å². The molecule has 4 aromatic rings. The average Bonchev–Trinajstić information content (AvgIpc) is 3.52. The van der Waals surface area contributed by atoms with Gasteiger partial charge in [-0.1, -0.05) is 25.0 Å². The van der Waals surface area contributed by atoms with E-state index in [-0.39, 0.29) is 18.4 Å². The third-order valence-corrected chi connectivity index (χ3v) is 6.87. The Morgan fingerprint density at radius 2 is 1.90 bits per heavy atom. The number of hydrogen-bond donors (Lipinski definition) is 0. The molecular weight excluding hydrogens is 415 g/mol. The first kappa shape index (κ1) is 19.9. The molecule has 0 aliphatic heterocycles. The Hall–Kier alpha value is -3.06. The van der Waals surface area contributed by atoms with Crippen molar-refractivity contribution in [2.45, 2.75) is 38.7 Å². The van der Waals surface area contributed by atoms with E-state index in [0.717, 1.165) is 46.5 Å². The first-order valence-electron chi connectivity index (χ1n) is 10.3. The molecule has 1 fully saturated rings. The van der Waals surface area contributed by atoms with Gasteiger partial charge in [-0.2, -0.15) is 0 Å². The summed E-state index contributed by atoms with van der Waals surface area (Å²) >= 11 is 1.64. The van der Waals surface area contributed by atoms with Gasteiger partial charge in [-0.3, -0.25) is 4.79 Å². The lowest BCUT2D eigenvalue weighted by molar-refractivity contribution is -0.157. The lowest BCUT2D eigenvalue weighted by Gasteiger charge is -2.25. The molecular formula is C24H21FN2O3S. The number of thiazole rings is 1. The predicted molar refractivity (Wildman–Crippen MR) is 116 cm³/mol. The van der Waals surface area contributed by atoms with E-state index in [1.54, 1.807) is 29.7 Å². The van der Waals surface area contributed by atoms with Crippen molar-refractivity contribution < 1.29 is 18.3 Å². The van der Waals surface area contributed by atoms with Crippen molar-refractivity contribution in [2.24, 2.45) is 5.41 Å². The lowest BCUT2D eigenvalue weighted by Crippen LogP contribution is -2.32. The summed E-state index contributed by atoms with van der Waals surface area (Å²) in [7, 11) is 0. The third-order valence-electron chi connectivity index (χ3n) is 5.83. The number of nitrogens with zero attached hydrogens (tertiary/aromatic N) is 2. The van der Waals surface area contributed by atoms with Crippen LogP contribution in [0, 0.1) is 11.2 Å². The van der Waals surface area contributed by atoms with Crippen LogP contribution in [0.3, 0.4) is 0 Å². The molecule has 1 aliphatic rings. The number of fused-ring (bicyclic) bond motifs is 1. The molecule has 0 spiro atoms. The smallest absolute Gasteiger partial charge is 0.313 e. The summed E-state index contributed by atoms with van der Waals surface area (Å²) < 4.78 is 25.6. The van der Waals surface area contributed by atoms with E-state index in [1.165, 1.54) is 12.1 Å². The quantitative estimate of drug-likeness (QED) is 0.350. The largest absolute Gasteiger partial charge is 0.455 e. The Morgan fingerprint density at radius 1 is 1.13 bits per heavy atom. The summed E-state index contributed by atoms with van der Waals surface area (Å²) in [6, 6.07) is 14.0. The number of carbonyl (C=O) groups excluding carboxylic acids is 1. The number of aromatic nitrogens is 2. The van der Waals surface area contributed by atoms with Gasteiger partial charge < -0.3 is 9.15 Å². The number of halogens is 1. The number of rotatable bonds is 6. The highest BCUT2D eigenvalue weighted by atomic mass is 32.1. The second kappa shape index (κ2) is 8.23. The van der Waals surface area contributed by atoms with Crippen LogP contribution in [0.2, 0.25) is 0 Å². The highest BCUT2D eigenvalue weighted by Gasteiger charge is 2.43. The fourth-order valence-electron chi connectivity index (χ4n) is 4.19. The number of hydrogen-bond acceptors (Lipinski definition) is 6. The molecule has 2 heterocycles. The Labute approximate surface area is 182 Å². The van der Waals surface area contributed by atoms with Gasteiger partial charge in [-0.25, -0.2) is 14.4 Å². The summed E-state index contributed by atoms with van der Waals surface area (Å²) in [6.45, 7) is -0.0262. The molecule has 0 radical (unpaired) electrons. The van der Waals surface area contributed by atoms with Crippen molar-refractivity contribution in [1.82, 2.24) is 9.97 Å². The number of esters is 1. The van der Waals surface area contributed by atoms with Crippen LogP contribution < -0.4 is 0 Å². The van der Waals surface area contributed by atoms with Gasteiger partial charge in [0.2, 0.25) is 5.89 Å². The van der Waals surface area contributed by atoms with Gasteiger partial charge in [0.1, 0.15) is 5.82 Å². The third kappa shape index (κ3) is 4.10. The summed E-state index contributed by atoms with van der Waals surface area (Å²) in [4.78, 5) is 22.0. The fraction of sp³-hybridized carbons (Fsp3) is 0.292. The van der Waals surface area contributed by atoms with Gasteiger partial charge >= 0.3 is 5.97 Å². The van der Waals surface area contributed by atoms with Crippen LogP contribution in [0.1, 0.15) is 36.6 Å². The van der Waals surface area contributed by atoms with Crippen LogP contribution in [-0.2, 0) is 22.6 Å². The number of carbonyl (C=O) groups is 1. The Bertz CT molecular complexity index is 1180. The topological polar surface area (TPSA) is 65.2 Å². The number of oxazole rings is 1. The normalized spacial score (nSPS) is 15.4. The molecule has 1 aliphatic carbocycles. The van der Waals surface area contributed by atoms with Crippen molar-refractivity contribution in [3.63, 3.8) is 0 Å². The van der Waals surface area contributed by atoms with Crippen LogP contribution in [0.15, 0.2) is 59.1 Å². The van der Waals surface area contributed by atoms with Crippen LogP contribution in [-0.4, -0.2) is 15.9 Å². The van der Waals surface area contributed by atoms with Crippen molar-refractivity contribution in [3.8, 4) is 11.3 Å². The van der Waals surface area contributed by atoms with Crippen molar-refractivity contribution in [1.29, 1.82) is 0 Å². The van der Waals surface area contributed by atoms with E-state index in [9.17, 15) is 9.18 Å². The van der Waals surface area contributed by atoms with Crippen LogP contribution in [0.25, 0.3) is 21.5 Å². The first-order valence-corrected chi connectivity index (χ1v) is 11.2. The van der Waals surface area contributed by atoms with E-state index in [4.69, 9.17) is 14.1 Å². The zero-order valence-corrected chi connectivity index (χ0v) is 17.7. The molecule has 2 aromatic heterocycles. The van der Waals surface area contributed by atoms with Gasteiger partial charge in [0.25, 0.3) is 0 Å². The second-order valence-electron chi connectivity index (χ2n) is 7.94. The Morgan fingerprint density at radius 3 is 2.68 bits per heavy atom. The molecule has 0 amide bonds. The predicted octanol–water partition coefficient (Wildman–Crippen LogP) is 5.94. The second-order valence-corrected chi connectivity index (χ2v) is 9.06. The van der Waals surface area contributed by atoms with Crippen LogP contribution in [0.5, 0.6) is 0 Å². The van der Waals surface area contributed by atoms with E-state index >= 15 is 0 Å². The monoisotopic (exact) mass is 436 g/mol. The Balaban J connectivity index is 1.28. The van der Waals surface area contributed by atoms with Gasteiger partial charge in [0.05, 0.1) is 26.8 Å². The SMILES string of the molecule is O=C(OCc1ncc(-c2ccc(F)cc2)o1)C1(Cc2nc3ccccc3s2)CCCC1. The minimum atomic E-state index is -0.541. The van der Waals surface area contributed by atoms with E-state index in [2.05, 4.69) is 11.1 Å². The Kier molecular flexibility index (Phi) is 5.28. The highest BCUT2D eigenvalue weighted by molar-refractivity contribution is 7.18. The van der Waals surface area contributed by atoms with Crippen LogP contribution >= 0.6 is 11.3 Å². The van der Waals surface area contributed by atoms with Crippen molar-refractivity contribution >= 4 is 27.5 Å². The maximum absolute atomic E-state index is 13.1. The summed E-state index contributed by atoms with van der Waals surface area (Å²) in [5.41, 5.74) is 1.15. The maximum Gasteiger partial charge on any atom is 0.313 e. The molecule has 0 bridgehead atoms. The summed E-state index contributed by atoms with van der Waals surface area (Å²) in [6.07, 6.45) is 5.77. The molecule has 0 N–H and O–H groups in total. The molecule has 0 saturated heterocycles. The van der Waals surface area contributed by atoms with Crippen molar-refractivity contribution in [2.75, 3.05) is 0 Å². The minimum absolute atomic E-state index is 0.0262. The number of benzene rings is 2. The summed E-state index contributed by atoms with van der Waals surface area (Å²) in [5, 5.41) is 0.967. The van der Waals surface area contributed by atoms with Gasteiger partial charge in [0, 0.05) is 12.0 Å². The van der Waals surface area contributed by atoms with Crippen LogP contribution in [0.4, 0.5) is 4.39 Å². The molecule has 5 rings (SSSR count). The van der Waals surface area contributed by atoms with Gasteiger partial charge in [0.15, 0.2) is 12.4 Å².